The van der Waals surface area contributed by atoms with Crippen molar-refractivity contribution < 1.29 is 0 Å². The number of rotatable bonds is 4. The van der Waals surface area contributed by atoms with E-state index in [9.17, 15) is 0 Å². The molecule has 0 spiro atoms. The minimum atomic E-state index is -0.461. The van der Waals surface area contributed by atoms with E-state index in [1.807, 2.05) is 19.2 Å². The summed E-state index contributed by atoms with van der Waals surface area (Å²) in [6, 6.07) is 5.61. The first-order valence-corrected chi connectivity index (χ1v) is 7.17. The summed E-state index contributed by atoms with van der Waals surface area (Å²) in [7, 11) is 1.84. The summed E-state index contributed by atoms with van der Waals surface area (Å²) < 4.78 is 0. The maximum atomic E-state index is 6.06. The molecule has 20 heavy (non-hydrogen) atoms. The molecule has 2 heterocycles. The number of hydrogen-bond donors (Lipinski definition) is 1. The minimum absolute atomic E-state index is 0.415. The third kappa shape index (κ3) is 2.21. The summed E-state index contributed by atoms with van der Waals surface area (Å²) in [6.07, 6.45) is 2.35. The van der Waals surface area contributed by atoms with E-state index in [0.29, 0.717) is 17.6 Å². The number of aryl methyl sites for hydroxylation is 1. The quantitative estimate of drug-likeness (QED) is 0.875. The van der Waals surface area contributed by atoms with Gasteiger partial charge >= 0.3 is 0 Å². The van der Waals surface area contributed by atoms with E-state index in [-0.39, 0.29) is 0 Å². The minimum Gasteiger partial charge on any atom is -0.329 e. The van der Waals surface area contributed by atoms with Crippen LogP contribution in [-0.2, 0) is 12.5 Å². The van der Waals surface area contributed by atoms with Gasteiger partial charge in [0.25, 0.3) is 0 Å². The number of hydrogen-bond acceptors (Lipinski definition) is 4. The van der Waals surface area contributed by atoms with Crippen molar-refractivity contribution in [2.45, 2.75) is 31.1 Å². The Labute approximate surface area is 123 Å². The number of nitrogens with two attached hydrogens (primary N) is 1. The molecule has 106 valence electrons. The molecule has 1 fully saturated rings. The standard InChI is InChI=1S/C14H18ClN5/c1-14(8-16,10-4-3-5-11(15)17-10)13-12(9-6-7-9)18-20(2)19-13/h3-5,9H,6-8,16H2,1-2H3. The van der Waals surface area contributed by atoms with Gasteiger partial charge in [-0.3, -0.25) is 0 Å². The molecule has 0 aliphatic heterocycles. The molecule has 1 aliphatic rings. The van der Waals surface area contributed by atoms with Crippen LogP contribution in [0.5, 0.6) is 0 Å². The van der Waals surface area contributed by atoms with Crippen molar-refractivity contribution in [1.82, 2.24) is 20.0 Å². The van der Waals surface area contributed by atoms with Gasteiger partial charge in [0.2, 0.25) is 0 Å². The zero-order valence-electron chi connectivity index (χ0n) is 11.7. The van der Waals surface area contributed by atoms with E-state index in [0.717, 1.165) is 17.1 Å². The van der Waals surface area contributed by atoms with Crippen LogP contribution >= 0.6 is 11.6 Å². The van der Waals surface area contributed by atoms with Gasteiger partial charge in [0.05, 0.1) is 22.5 Å². The fourth-order valence-corrected chi connectivity index (χ4v) is 2.65. The van der Waals surface area contributed by atoms with Crippen molar-refractivity contribution in [2.75, 3.05) is 6.54 Å². The number of halogens is 1. The molecule has 6 heteroatoms. The van der Waals surface area contributed by atoms with E-state index in [1.54, 1.807) is 10.9 Å². The summed E-state index contributed by atoms with van der Waals surface area (Å²) in [5, 5.41) is 9.56. The average molecular weight is 292 g/mol. The number of pyridine rings is 1. The van der Waals surface area contributed by atoms with E-state index >= 15 is 0 Å². The fourth-order valence-electron chi connectivity index (χ4n) is 2.48. The van der Waals surface area contributed by atoms with Crippen LogP contribution in [0.3, 0.4) is 0 Å². The molecular weight excluding hydrogens is 274 g/mol. The smallest absolute Gasteiger partial charge is 0.129 e. The molecule has 1 aliphatic carbocycles. The zero-order chi connectivity index (χ0) is 14.3. The van der Waals surface area contributed by atoms with Gasteiger partial charge in [-0.2, -0.15) is 15.0 Å². The van der Waals surface area contributed by atoms with Gasteiger partial charge in [0.15, 0.2) is 0 Å². The molecule has 1 atom stereocenters. The SMILES string of the molecule is Cn1nc(C2CC2)c(C(C)(CN)c2cccc(Cl)n2)n1. The Balaban J connectivity index is 2.12. The summed E-state index contributed by atoms with van der Waals surface area (Å²) in [5.41, 5.74) is 8.43. The second kappa shape index (κ2) is 4.82. The van der Waals surface area contributed by atoms with Crippen LogP contribution in [0.1, 0.15) is 42.8 Å². The molecule has 0 bridgehead atoms. The third-order valence-electron chi connectivity index (χ3n) is 3.92. The Morgan fingerprint density at radius 1 is 1.40 bits per heavy atom. The molecule has 1 saturated carbocycles. The Bertz CT molecular complexity index is 634. The summed E-state index contributed by atoms with van der Waals surface area (Å²) >= 11 is 6.02. The Hall–Kier alpha value is -1.46. The first kappa shape index (κ1) is 13.5. The highest BCUT2D eigenvalue weighted by atomic mass is 35.5. The molecule has 0 amide bonds. The van der Waals surface area contributed by atoms with Gasteiger partial charge in [-0.15, -0.1) is 0 Å². The van der Waals surface area contributed by atoms with Crippen LogP contribution in [0.15, 0.2) is 18.2 Å². The highest BCUT2D eigenvalue weighted by Crippen LogP contribution is 2.44. The van der Waals surface area contributed by atoms with Crippen molar-refractivity contribution in [1.29, 1.82) is 0 Å². The van der Waals surface area contributed by atoms with E-state index in [2.05, 4.69) is 22.1 Å². The molecule has 0 aromatic carbocycles. The van der Waals surface area contributed by atoms with Gasteiger partial charge in [-0.1, -0.05) is 17.7 Å². The van der Waals surface area contributed by atoms with Crippen molar-refractivity contribution in [3.8, 4) is 0 Å². The van der Waals surface area contributed by atoms with Gasteiger partial charge in [0, 0.05) is 19.5 Å². The van der Waals surface area contributed by atoms with Crippen LogP contribution in [0.25, 0.3) is 0 Å². The van der Waals surface area contributed by atoms with Crippen LogP contribution in [-0.4, -0.2) is 26.5 Å². The zero-order valence-corrected chi connectivity index (χ0v) is 12.4. The Kier molecular flexibility index (Phi) is 3.26. The molecule has 2 N–H and O–H groups in total. The predicted octanol–water partition coefficient (Wildman–Crippen LogP) is 2.01. The normalized spacial score (nSPS) is 18.0. The third-order valence-corrected chi connectivity index (χ3v) is 4.13. The summed E-state index contributed by atoms with van der Waals surface area (Å²) in [4.78, 5) is 6.06. The molecule has 0 radical (unpaired) electrons. The van der Waals surface area contributed by atoms with E-state index in [1.165, 1.54) is 12.8 Å². The lowest BCUT2D eigenvalue weighted by molar-refractivity contribution is 0.528. The van der Waals surface area contributed by atoms with Crippen molar-refractivity contribution in [2.24, 2.45) is 12.8 Å². The predicted molar refractivity (Wildman–Crippen MR) is 77.7 cm³/mol. The lowest BCUT2D eigenvalue weighted by atomic mass is 9.81. The lowest BCUT2D eigenvalue weighted by Crippen LogP contribution is -2.35. The molecule has 5 nitrogen and oxygen atoms in total. The van der Waals surface area contributed by atoms with Gasteiger partial charge in [-0.05, 0) is 31.9 Å². The van der Waals surface area contributed by atoms with Crippen LogP contribution < -0.4 is 5.73 Å². The molecule has 0 saturated heterocycles. The summed E-state index contributed by atoms with van der Waals surface area (Å²) in [6.45, 7) is 2.47. The largest absolute Gasteiger partial charge is 0.329 e. The van der Waals surface area contributed by atoms with Gasteiger partial charge in [-0.25, -0.2) is 4.98 Å². The van der Waals surface area contributed by atoms with E-state index < -0.39 is 5.41 Å². The van der Waals surface area contributed by atoms with Gasteiger partial charge < -0.3 is 5.73 Å². The maximum absolute atomic E-state index is 6.06. The fraction of sp³-hybridized carbons (Fsp3) is 0.500. The monoisotopic (exact) mass is 291 g/mol. The molecule has 2 aromatic rings. The maximum Gasteiger partial charge on any atom is 0.129 e. The average Bonchev–Trinajstić information content (AvgIpc) is 3.20. The Morgan fingerprint density at radius 3 is 2.75 bits per heavy atom. The Morgan fingerprint density at radius 2 is 2.15 bits per heavy atom. The van der Waals surface area contributed by atoms with Crippen molar-refractivity contribution in [3.63, 3.8) is 0 Å². The number of aromatic nitrogens is 4. The molecular formula is C14H18ClN5. The molecule has 1 unspecified atom stereocenters. The van der Waals surface area contributed by atoms with Gasteiger partial charge in [0.1, 0.15) is 5.15 Å². The van der Waals surface area contributed by atoms with Crippen LogP contribution in [0, 0.1) is 0 Å². The highest BCUT2D eigenvalue weighted by molar-refractivity contribution is 6.29. The van der Waals surface area contributed by atoms with E-state index in [4.69, 9.17) is 17.3 Å². The highest BCUT2D eigenvalue weighted by Gasteiger charge is 2.40. The lowest BCUT2D eigenvalue weighted by Gasteiger charge is -2.26. The summed E-state index contributed by atoms with van der Waals surface area (Å²) in [5.74, 6) is 0.517. The van der Waals surface area contributed by atoms with Crippen LogP contribution in [0.4, 0.5) is 0 Å². The van der Waals surface area contributed by atoms with Crippen molar-refractivity contribution in [3.05, 3.63) is 40.4 Å². The second-order valence-corrected chi connectivity index (χ2v) is 5.97. The van der Waals surface area contributed by atoms with Crippen molar-refractivity contribution >= 4 is 11.6 Å². The second-order valence-electron chi connectivity index (χ2n) is 5.58. The topological polar surface area (TPSA) is 69.6 Å². The molecule has 3 rings (SSSR count). The first-order chi connectivity index (χ1) is 9.54. The first-order valence-electron chi connectivity index (χ1n) is 6.79. The number of nitrogens with zero attached hydrogens (tertiary/aromatic N) is 4. The molecule has 2 aromatic heterocycles. The van der Waals surface area contributed by atoms with Crippen LogP contribution in [0.2, 0.25) is 5.15 Å².